The first-order valence-electron chi connectivity index (χ1n) is 12.2. The number of rotatable bonds is 4. The van der Waals surface area contributed by atoms with Crippen LogP contribution in [0.4, 0.5) is 4.79 Å². The highest BCUT2D eigenvalue weighted by Crippen LogP contribution is 2.41. The quantitative estimate of drug-likeness (QED) is 0.759. The number of nitrogens with zero attached hydrogens (tertiary/aromatic N) is 5. The summed E-state index contributed by atoms with van der Waals surface area (Å²) >= 11 is 0. The number of amides is 3. The first-order chi connectivity index (χ1) is 16.1. The molecule has 2 aromatic heterocycles. The van der Waals surface area contributed by atoms with Gasteiger partial charge in [0.15, 0.2) is 0 Å². The molecule has 9 nitrogen and oxygen atoms in total. The minimum absolute atomic E-state index is 0.0178. The maximum atomic E-state index is 13.5. The Morgan fingerprint density at radius 3 is 2.79 bits per heavy atom. The van der Waals surface area contributed by atoms with Crippen LogP contribution in [-0.2, 0) is 4.79 Å². The molecule has 1 N–H and O–H groups in total. The van der Waals surface area contributed by atoms with Crippen LogP contribution in [0.1, 0.15) is 64.2 Å². The minimum atomic E-state index is -0.290. The standard InChI is InChI=1S/C24H34N6O3/c1-3-29(4-2)24(32)30-13-8-6-5-7-12-26-22(31)19-14-18(15-20(19)30)23-27-21(28-33-23)17-10-9-11-25-16-17/h9-11,16,18-20H,3-8,12-15H2,1-2H3,(H,26,31)/t18-,19-,20+/m1/s1. The molecule has 1 aliphatic carbocycles. The van der Waals surface area contributed by atoms with Crippen LogP contribution < -0.4 is 5.32 Å². The van der Waals surface area contributed by atoms with Gasteiger partial charge in [-0.15, -0.1) is 0 Å². The van der Waals surface area contributed by atoms with E-state index >= 15 is 0 Å². The van der Waals surface area contributed by atoms with Gasteiger partial charge in [0, 0.05) is 56.1 Å². The van der Waals surface area contributed by atoms with E-state index in [1.165, 1.54) is 0 Å². The van der Waals surface area contributed by atoms with Gasteiger partial charge in [-0.05, 0) is 51.7 Å². The van der Waals surface area contributed by atoms with Crippen LogP contribution in [0.3, 0.4) is 0 Å². The summed E-state index contributed by atoms with van der Waals surface area (Å²) in [4.78, 5) is 39.1. The van der Waals surface area contributed by atoms with Crippen LogP contribution in [-0.4, -0.2) is 69.1 Å². The minimum Gasteiger partial charge on any atom is -0.356 e. The Morgan fingerprint density at radius 1 is 1.21 bits per heavy atom. The molecule has 3 atom stereocenters. The molecular formula is C24H34N6O3. The van der Waals surface area contributed by atoms with E-state index in [0.717, 1.165) is 31.2 Å². The summed E-state index contributed by atoms with van der Waals surface area (Å²) in [6, 6.07) is 3.55. The zero-order valence-corrected chi connectivity index (χ0v) is 19.6. The van der Waals surface area contributed by atoms with E-state index in [9.17, 15) is 9.59 Å². The van der Waals surface area contributed by atoms with Crippen LogP contribution in [0.2, 0.25) is 0 Å². The molecule has 9 heteroatoms. The van der Waals surface area contributed by atoms with E-state index in [1.54, 1.807) is 12.4 Å². The highest BCUT2D eigenvalue weighted by Gasteiger charge is 2.46. The molecule has 0 unspecified atom stereocenters. The van der Waals surface area contributed by atoms with Gasteiger partial charge in [-0.2, -0.15) is 4.98 Å². The Balaban J connectivity index is 1.61. The van der Waals surface area contributed by atoms with E-state index in [1.807, 2.05) is 35.8 Å². The Hall–Kier alpha value is -2.97. The fourth-order valence-corrected chi connectivity index (χ4v) is 5.04. The molecule has 2 aliphatic rings. The zero-order valence-electron chi connectivity index (χ0n) is 19.6. The van der Waals surface area contributed by atoms with Crippen molar-refractivity contribution in [3.63, 3.8) is 0 Å². The van der Waals surface area contributed by atoms with Crippen molar-refractivity contribution in [2.75, 3.05) is 26.2 Å². The molecule has 2 aromatic rings. The lowest BCUT2D eigenvalue weighted by Gasteiger charge is -2.36. The maximum Gasteiger partial charge on any atom is 0.320 e. The Labute approximate surface area is 194 Å². The SMILES string of the molecule is CCN(CC)C(=O)N1CCCCCCNC(=O)[C@@H]2C[C@@H](c3nc(-c4cccnc4)no3)C[C@@H]21. The van der Waals surface area contributed by atoms with Crippen molar-refractivity contribution in [1.82, 2.24) is 30.2 Å². The number of hydrogen-bond acceptors (Lipinski definition) is 6. The third-order valence-electron chi connectivity index (χ3n) is 6.88. The summed E-state index contributed by atoms with van der Waals surface area (Å²) in [6.07, 6.45) is 8.65. The Morgan fingerprint density at radius 2 is 2.03 bits per heavy atom. The number of urea groups is 1. The summed E-state index contributed by atoms with van der Waals surface area (Å²) in [5.74, 6) is 0.679. The van der Waals surface area contributed by atoms with Crippen molar-refractivity contribution in [3.8, 4) is 11.4 Å². The topological polar surface area (TPSA) is 104 Å². The highest BCUT2D eigenvalue weighted by molar-refractivity contribution is 5.82. The van der Waals surface area contributed by atoms with Gasteiger partial charge in [0.2, 0.25) is 17.6 Å². The van der Waals surface area contributed by atoms with Crippen molar-refractivity contribution in [1.29, 1.82) is 0 Å². The molecule has 1 saturated heterocycles. The molecule has 4 rings (SSSR count). The fourth-order valence-electron chi connectivity index (χ4n) is 5.04. The Bertz CT molecular complexity index is 929. The number of carbonyl (C=O) groups excluding carboxylic acids is 2. The van der Waals surface area contributed by atoms with Crippen molar-refractivity contribution in [3.05, 3.63) is 30.4 Å². The number of hydrogen-bond donors (Lipinski definition) is 1. The second kappa shape index (κ2) is 10.8. The third-order valence-corrected chi connectivity index (χ3v) is 6.88. The average molecular weight is 455 g/mol. The number of fused-ring (bicyclic) bond motifs is 1. The molecule has 0 radical (unpaired) electrons. The summed E-state index contributed by atoms with van der Waals surface area (Å²) in [5.41, 5.74) is 0.789. The maximum absolute atomic E-state index is 13.5. The van der Waals surface area contributed by atoms with Gasteiger partial charge in [-0.1, -0.05) is 18.0 Å². The molecule has 3 heterocycles. The van der Waals surface area contributed by atoms with E-state index in [4.69, 9.17) is 4.52 Å². The first kappa shape index (κ1) is 23.2. The fraction of sp³-hybridized carbons (Fsp3) is 0.625. The van der Waals surface area contributed by atoms with E-state index < -0.39 is 0 Å². The second-order valence-electron chi connectivity index (χ2n) is 8.89. The zero-order chi connectivity index (χ0) is 23.2. The van der Waals surface area contributed by atoms with Gasteiger partial charge >= 0.3 is 6.03 Å². The van der Waals surface area contributed by atoms with Crippen molar-refractivity contribution < 1.29 is 14.1 Å². The van der Waals surface area contributed by atoms with Crippen LogP contribution in [0.5, 0.6) is 0 Å². The number of nitrogens with one attached hydrogen (secondary N) is 1. The van der Waals surface area contributed by atoms with Crippen molar-refractivity contribution in [2.24, 2.45) is 5.92 Å². The van der Waals surface area contributed by atoms with Gasteiger partial charge in [-0.3, -0.25) is 9.78 Å². The monoisotopic (exact) mass is 454 g/mol. The summed E-state index contributed by atoms with van der Waals surface area (Å²) < 4.78 is 5.63. The van der Waals surface area contributed by atoms with Crippen LogP contribution in [0.25, 0.3) is 11.4 Å². The summed E-state index contributed by atoms with van der Waals surface area (Å²) in [5, 5.41) is 7.25. The highest BCUT2D eigenvalue weighted by atomic mass is 16.5. The van der Waals surface area contributed by atoms with Crippen molar-refractivity contribution >= 4 is 11.9 Å². The van der Waals surface area contributed by atoms with Gasteiger partial charge in [0.25, 0.3) is 0 Å². The molecule has 1 aliphatic heterocycles. The second-order valence-corrected chi connectivity index (χ2v) is 8.89. The normalized spacial score (nSPS) is 24.0. The van der Waals surface area contributed by atoms with E-state index in [-0.39, 0.29) is 29.8 Å². The third kappa shape index (κ3) is 5.17. The first-order valence-corrected chi connectivity index (χ1v) is 12.2. The molecule has 0 aromatic carbocycles. The lowest BCUT2D eigenvalue weighted by Crippen LogP contribution is -2.52. The number of carbonyl (C=O) groups is 2. The number of pyridine rings is 1. The molecule has 1 saturated carbocycles. The molecule has 178 valence electrons. The average Bonchev–Trinajstić information content (AvgIpc) is 3.49. The summed E-state index contributed by atoms with van der Waals surface area (Å²) in [7, 11) is 0. The van der Waals surface area contributed by atoms with E-state index in [0.29, 0.717) is 50.7 Å². The predicted octanol–water partition coefficient (Wildman–Crippen LogP) is 3.45. The van der Waals surface area contributed by atoms with Gasteiger partial charge in [0.05, 0.1) is 5.92 Å². The molecule has 0 bridgehead atoms. The molecule has 3 amide bonds. The van der Waals surface area contributed by atoms with Crippen LogP contribution in [0.15, 0.2) is 29.0 Å². The summed E-state index contributed by atoms with van der Waals surface area (Å²) in [6.45, 7) is 6.64. The Kier molecular flexibility index (Phi) is 7.57. The van der Waals surface area contributed by atoms with Gasteiger partial charge in [-0.25, -0.2) is 4.79 Å². The van der Waals surface area contributed by atoms with Gasteiger partial charge < -0.3 is 19.6 Å². The molecule has 2 fully saturated rings. The molecule has 33 heavy (non-hydrogen) atoms. The lowest BCUT2D eigenvalue weighted by atomic mass is 10.0. The van der Waals surface area contributed by atoms with Crippen LogP contribution in [0, 0.1) is 5.92 Å². The van der Waals surface area contributed by atoms with Gasteiger partial charge in [0.1, 0.15) is 0 Å². The molecule has 0 spiro atoms. The van der Waals surface area contributed by atoms with Crippen LogP contribution >= 0.6 is 0 Å². The van der Waals surface area contributed by atoms with Crippen molar-refractivity contribution in [2.45, 2.75) is 64.3 Å². The lowest BCUT2D eigenvalue weighted by molar-refractivity contribution is -0.126. The number of aromatic nitrogens is 3. The smallest absolute Gasteiger partial charge is 0.320 e. The largest absolute Gasteiger partial charge is 0.356 e. The molecular weight excluding hydrogens is 420 g/mol. The predicted molar refractivity (Wildman–Crippen MR) is 123 cm³/mol. The van der Waals surface area contributed by atoms with E-state index in [2.05, 4.69) is 20.4 Å².